The Balaban J connectivity index is 1.49. The van der Waals surface area contributed by atoms with Crippen molar-refractivity contribution in [3.8, 4) is 0 Å². The molecule has 3 aromatic rings. The highest BCUT2D eigenvalue weighted by molar-refractivity contribution is 7.13. The summed E-state index contributed by atoms with van der Waals surface area (Å²) in [6.07, 6.45) is 2.09. The number of H-pyrrole nitrogens is 1. The number of benzene rings is 1. The number of carbonyl (C=O) groups is 2. The lowest BCUT2D eigenvalue weighted by atomic mass is 10.2. The molecule has 0 aliphatic carbocycles. The van der Waals surface area contributed by atoms with Crippen molar-refractivity contribution in [1.29, 1.82) is 0 Å². The third kappa shape index (κ3) is 3.95. The second kappa shape index (κ2) is 6.62. The largest absolute Gasteiger partial charge is 0.361 e. The summed E-state index contributed by atoms with van der Waals surface area (Å²) in [7, 11) is 0. The number of aromatic nitrogens is 2. The zero-order chi connectivity index (χ0) is 16.2. The molecule has 0 fully saturated rings. The summed E-state index contributed by atoms with van der Waals surface area (Å²) >= 11 is 1.37. The van der Waals surface area contributed by atoms with Crippen LogP contribution in [0.1, 0.15) is 18.5 Å². The molecule has 0 bridgehead atoms. The van der Waals surface area contributed by atoms with E-state index in [1.54, 1.807) is 0 Å². The number of aromatic amines is 1. The van der Waals surface area contributed by atoms with Gasteiger partial charge >= 0.3 is 0 Å². The molecule has 0 spiro atoms. The third-order valence-corrected chi connectivity index (χ3v) is 4.16. The van der Waals surface area contributed by atoms with Gasteiger partial charge in [-0.15, -0.1) is 11.3 Å². The highest BCUT2D eigenvalue weighted by Crippen LogP contribution is 2.18. The van der Waals surface area contributed by atoms with Crippen molar-refractivity contribution in [2.24, 2.45) is 0 Å². The molecule has 3 N–H and O–H groups in total. The minimum atomic E-state index is -0.214. The molecule has 0 atom stereocenters. The summed E-state index contributed by atoms with van der Waals surface area (Å²) < 4.78 is 0. The first-order valence-corrected chi connectivity index (χ1v) is 8.07. The lowest BCUT2D eigenvalue weighted by Crippen LogP contribution is -2.17. The monoisotopic (exact) mass is 328 g/mol. The smallest absolute Gasteiger partial charge is 0.226 e. The Kier molecular flexibility index (Phi) is 4.38. The van der Waals surface area contributed by atoms with Crippen molar-refractivity contribution < 1.29 is 9.59 Å². The topological polar surface area (TPSA) is 86.9 Å². The molecular weight excluding hydrogens is 312 g/mol. The van der Waals surface area contributed by atoms with E-state index in [1.165, 1.54) is 11.3 Å². The minimum Gasteiger partial charge on any atom is -0.361 e. The van der Waals surface area contributed by atoms with Gasteiger partial charge in [0.1, 0.15) is 0 Å². The van der Waals surface area contributed by atoms with E-state index >= 15 is 0 Å². The number of aryl methyl sites for hydroxylation is 1. The summed E-state index contributed by atoms with van der Waals surface area (Å²) in [5.41, 5.74) is 2.53. The van der Waals surface area contributed by atoms with Gasteiger partial charge in [-0.2, -0.15) is 0 Å². The molecule has 0 aliphatic heterocycles. The first kappa shape index (κ1) is 15.2. The molecule has 2 heterocycles. The van der Waals surface area contributed by atoms with Gasteiger partial charge in [0, 0.05) is 35.6 Å². The Morgan fingerprint density at radius 3 is 2.70 bits per heavy atom. The summed E-state index contributed by atoms with van der Waals surface area (Å²) in [5, 5.41) is 8.99. The van der Waals surface area contributed by atoms with Crippen molar-refractivity contribution >= 4 is 44.9 Å². The van der Waals surface area contributed by atoms with E-state index in [-0.39, 0.29) is 24.7 Å². The first-order chi connectivity index (χ1) is 11.1. The lowest BCUT2D eigenvalue weighted by Gasteiger charge is -2.05. The van der Waals surface area contributed by atoms with Crippen LogP contribution in [0.5, 0.6) is 0 Å². The lowest BCUT2D eigenvalue weighted by molar-refractivity contribution is -0.121. The van der Waals surface area contributed by atoms with Crippen molar-refractivity contribution in [2.45, 2.75) is 19.8 Å². The molecule has 3 rings (SSSR count). The number of amides is 2. The molecule has 1 aromatic carbocycles. The van der Waals surface area contributed by atoms with Gasteiger partial charge in [0.05, 0.1) is 5.69 Å². The van der Waals surface area contributed by atoms with E-state index in [2.05, 4.69) is 20.6 Å². The molecule has 2 amide bonds. The third-order valence-electron chi connectivity index (χ3n) is 3.28. The molecule has 0 aliphatic rings. The van der Waals surface area contributed by atoms with Crippen LogP contribution < -0.4 is 10.6 Å². The average molecular weight is 328 g/mol. The van der Waals surface area contributed by atoms with Gasteiger partial charge in [-0.1, -0.05) is 6.07 Å². The summed E-state index contributed by atoms with van der Waals surface area (Å²) in [5.74, 6) is -0.407. The number of hydrogen-bond donors (Lipinski definition) is 3. The molecule has 6 nitrogen and oxygen atoms in total. The molecule has 7 heteroatoms. The van der Waals surface area contributed by atoms with Crippen molar-refractivity contribution in [3.05, 3.63) is 41.5 Å². The van der Waals surface area contributed by atoms with Crippen LogP contribution in [0.4, 0.5) is 10.8 Å². The van der Waals surface area contributed by atoms with Crippen molar-refractivity contribution in [1.82, 2.24) is 9.97 Å². The number of rotatable bonds is 5. The van der Waals surface area contributed by atoms with E-state index in [9.17, 15) is 9.59 Å². The van der Waals surface area contributed by atoms with Crippen LogP contribution in [0.15, 0.2) is 35.8 Å². The molecule has 118 valence electrons. The van der Waals surface area contributed by atoms with Gasteiger partial charge in [-0.25, -0.2) is 4.98 Å². The predicted octanol–water partition coefficient (Wildman–Crippen LogP) is 3.29. The standard InChI is InChI=1S/C16H16N4O2S/c1-10-9-23-16(18-10)20-15(22)5-4-14(21)19-12-3-2-11-6-7-17-13(11)8-12/h2-3,6-9,17H,4-5H2,1H3,(H,19,21)(H,18,20,22). The number of hydrogen-bond acceptors (Lipinski definition) is 4. The Labute approximate surface area is 136 Å². The van der Waals surface area contributed by atoms with Gasteiger partial charge in [-0.3, -0.25) is 9.59 Å². The molecule has 0 radical (unpaired) electrons. The number of nitrogens with one attached hydrogen (secondary N) is 3. The number of carbonyl (C=O) groups excluding carboxylic acids is 2. The van der Waals surface area contributed by atoms with Gasteiger partial charge < -0.3 is 15.6 Å². The fourth-order valence-electron chi connectivity index (χ4n) is 2.17. The molecule has 2 aromatic heterocycles. The van der Waals surface area contributed by atoms with Crippen LogP contribution >= 0.6 is 11.3 Å². The maximum atomic E-state index is 11.9. The van der Waals surface area contributed by atoms with Crippen LogP contribution in [0.3, 0.4) is 0 Å². The van der Waals surface area contributed by atoms with Gasteiger partial charge in [0.2, 0.25) is 11.8 Å². The van der Waals surface area contributed by atoms with Crippen LogP contribution in [0.2, 0.25) is 0 Å². The van der Waals surface area contributed by atoms with E-state index in [0.717, 1.165) is 16.6 Å². The number of anilines is 2. The fraction of sp³-hybridized carbons (Fsp3) is 0.188. The van der Waals surface area contributed by atoms with Crippen LogP contribution in [-0.2, 0) is 9.59 Å². The highest BCUT2D eigenvalue weighted by atomic mass is 32.1. The molecule has 0 saturated heterocycles. The van der Waals surface area contributed by atoms with Crippen LogP contribution in [0.25, 0.3) is 10.9 Å². The second-order valence-corrected chi connectivity index (χ2v) is 6.03. The Hall–Kier alpha value is -2.67. The Bertz CT molecular complexity index is 853. The van der Waals surface area contributed by atoms with Gasteiger partial charge in [-0.05, 0) is 30.5 Å². The van der Waals surface area contributed by atoms with E-state index < -0.39 is 0 Å². The average Bonchev–Trinajstić information content (AvgIpc) is 3.13. The summed E-state index contributed by atoms with van der Waals surface area (Å²) in [6, 6.07) is 7.60. The maximum absolute atomic E-state index is 11.9. The van der Waals surface area contributed by atoms with E-state index in [0.29, 0.717) is 10.8 Å². The van der Waals surface area contributed by atoms with E-state index in [1.807, 2.05) is 42.8 Å². The highest BCUT2D eigenvalue weighted by Gasteiger charge is 2.09. The summed E-state index contributed by atoms with van der Waals surface area (Å²) in [4.78, 5) is 31.0. The Morgan fingerprint density at radius 2 is 1.96 bits per heavy atom. The van der Waals surface area contributed by atoms with Crippen molar-refractivity contribution in [3.63, 3.8) is 0 Å². The molecule has 0 unspecified atom stereocenters. The molecule has 23 heavy (non-hydrogen) atoms. The quantitative estimate of drug-likeness (QED) is 0.671. The first-order valence-electron chi connectivity index (χ1n) is 7.19. The van der Waals surface area contributed by atoms with E-state index in [4.69, 9.17) is 0 Å². The summed E-state index contributed by atoms with van der Waals surface area (Å²) in [6.45, 7) is 1.86. The van der Waals surface area contributed by atoms with Gasteiger partial charge in [0.25, 0.3) is 0 Å². The van der Waals surface area contributed by atoms with Crippen LogP contribution in [-0.4, -0.2) is 21.8 Å². The zero-order valence-corrected chi connectivity index (χ0v) is 13.4. The number of fused-ring (bicyclic) bond motifs is 1. The predicted molar refractivity (Wildman–Crippen MR) is 91.6 cm³/mol. The number of thiazole rings is 1. The molecule has 0 saturated carbocycles. The molecular formula is C16H16N4O2S. The normalized spacial score (nSPS) is 10.7. The van der Waals surface area contributed by atoms with Gasteiger partial charge in [0.15, 0.2) is 5.13 Å². The second-order valence-electron chi connectivity index (χ2n) is 5.17. The van der Waals surface area contributed by atoms with Crippen LogP contribution in [0, 0.1) is 6.92 Å². The fourth-order valence-corrected chi connectivity index (χ4v) is 2.87. The Morgan fingerprint density at radius 1 is 1.17 bits per heavy atom. The van der Waals surface area contributed by atoms with Crippen molar-refractivity contribution in [2.75, 3.05) is 10.6 Å². The minimum absolute atomic E-state index is 0.120. The zero-order valence-electron chi connectivity index (χ0n) is 12.6. The SMILES string of the molecule is Cc1csc(NC(=O)CCC(=O)Nc2ccc3cc[nH]c3c2)n1. The number of nitrogens with zero attached hydrogens (tertiary/aromatic N) is 1. The maximum Gasteiger partial charge on any atom is 0.226 e.